The number of carbonyl (C=O) groups is 1. The Bertz CT molecular complexity index is 831. The highest BCUT2D eigenvalue weighted by molar-refractivity contribution is 5.98. The van der Waals surface area contributed by atoms with Crippen molar-refractivity contribution in [3.05, 3.63) is 35.5 Å². The molecule has 0 radical (unpaired) electrons. The number of hydrogen-bond acceptors (Lipinski definition) is 4. The Kier molecular flexibility index (Phi) is 6.23. The molecule has 6 nitrogen and oxygen atoms in total. The van der Waals surface area contributed by atoms with E-state index in [9.17, 15) is 9.90 Å². The first kappa shape index (κ1) is 20.4. The van der Waals surface area contributed by atoms with Crippen LogP contribution in [0.5, 0.6) is 0 Å². The number of hydrogen-bond donors (Lipinski definition) is 2. The number of fused-ring (bicyclic) bond motifs is 1. The van der Waals surface area contributed by atoms with Gasteiger partial charge in [0.2, 0.25) is 0 Å². The monoisotopic (exact) mass is 398 g/mol. The molecule has 29 heavy (non-hydrogen) atoms. The van der Waals surface area contributed by atoms with Crippen molar-refractivity contribution in [1.29, 1.82) is 0 Å². The Balaban J connectivity index is 1.41. The number of aliphatic hydroxyl groups is 1. The predicted molar refractivity (Wildman–Crippen MR) is 116 cm³/mol. The number of H-pyrrole nitrogens is 1. The van der Waals surface area contributed by atoms with Gasteiger partial charge in [-0.3, -0.25) is 9.69 Å². The Morgan fingerprint density at radius 2 is 1.86 bits per heavy atom. The molecule has 0 spiro atoms. The molecule has 0 aliphatic carbocycles. The molecule has 6 heteroatoms. The molecule has 2 aliphatic heterocycles. The van der Waals surface area contributed by atoms with E-state index in [1.807, 2.05) is 17.0 Å². The first-order valence-electron chi connectivity index (χ1n) is 10.9. The lowest BCUT2D eigenvalue weighted by Gasteiger charge is -2.35. The Morgan fingerprint density at radius 1 is 1.14 bits per heavy atom. The first-order chi connectivity index (χ1) is 14.0. The van der Waals surface area contributed by atoms with Crippen LogP contribution in [0.4, 0.5) is 0 Å². The van der Waals surface area contributed by atoms with Crippen molar-refractivity contribution in [2.24, 2.45) is 5.92 Å². The molecule has 1 aromatic heterocycles. The maximum Gasteiger partial charge on any atom is 0.253 e. The lowest BCUT2D eigenvalue weighted by Crippen LogP contribution is -2.41. The summed E-state index contributed by atoms with van der Waals surface area (Å²) in [6.07, 6.45) is 6.33. The highest BCUT2D eigenvalue weighted by atomic mass is 16.3. The van der Waals surface area contributed by atoms with Crippen LogP contribution in [-0.4, -0.2) is 83.6 Å². The highest BCUT2D eigenvalue weighted by Crippen LogP contribution is 2.25. The minimum Gasteiger partial charge on any atom is -0.396 e. The fraction of sp³-hybridized carbons (Fsp3) is 0.609. The zero-order valence-corrected chi connectivity index (χ0v) is 17.7. The summed E-state index contributed by atoms with van der Waals surface area (Å²) in [5.41, 5.74) is 3.10. The molecule has 0 bridgehead atoms. The second kappa shape index (κ2) is 8.86. The number of carbonyl (C=O) groups excluding carboxylic acids is 1. The van der Waals surface area contributed by atoms with Crippen LogP contribution >= 0.6 is 0 Å². The minimum atomic E-state index is 0.102. The second-order valence-corrected chi connectivity index (χ2v) is 8.96. The Morgan fingerprint density at radius 3 is 2.52 bits per heavy atom. The normalized spacial score (nSPS) is 20.1. The number of piperidine rings is 2. The van der Waals surface area contributed by atoms with Crippen molar-refractivity contribution in [3.63, 3.8) is 0 Å². The van der Waals surface area contributed by atoms with Crippen molar-refractivity contribution < 1.29 is 9.90 Å². The van der Waals surface area contributed by atoms with Gasteiger partial charge in [0.25, 0.3) is 5.91 Å². The summed E-state index contributed by atoms with van der Waals surface area (Å²) in [5, 5.41) is 10.5. The van der Waals surface area contributed by atoms with Gasteiger partial charge in [-0.2, -0.15) is 0 Å². The number of nitrogens with one attached hydrogen (secondary N) is 1. The van der Waals surface area contributed by atoms with Crippen molar-refractivity contribution >= 4 is 16.8 Å². The van der Waals surface area contributed by atoms with Gasteiger partial charge in [0, 0.05) is 54.9 Å². The van der Waals surface area contributed by atoms with Crippen molar-refractivity contribution in [2.75, 3.05) is 46.9 Å². The number of rotatable bonds is 5. The standard InChI is InChI=1S/C23H34N4O2/c1-25(2)20-7-9-26(10-8-20)15-19-14-24-22-13-18(3-4-21(19)22)23(29)27-11-5-17(16-28)6-12-27/h3-4,13-14,17,20,24,28H,5-12,15-16H2,1-2H3. The number of nitrogens with zero attached hydrogens (tertiary/aromatic N) is 3. The molecule has 2 N–H and O–H groups in total. The van der Waals surface area contributed by atoms with Gasteiger partial charge in [-0.05, 0) is 76.5 Å². The molecule has 2 saturated heterocycles. The fourth-order valence-corrected chi connectivity index (χ4v) is 4.79. The van der Waals surface area contributed by atoms with Crippen LogP contribution in [0.1, 0.15) is 41.6 Å². The first-order valence-corrected chi connectivity index (χ1v) is 10.9. The summed E-state index contributed by atoms with van der Waals surface area (Å²) in [6.45, 7) is 4.93. The molecule has 2 fully saturated rings. The lowest BCUT2D eigenvalue weighted by molar-refractivity contribution is 0.0651. The van der Waals surface area contributed by atoms with Gasteiger partial charge >= 0.3 is 0 Å². The van der Waals surface area contributed by atoms with Gasteiger partial charge in [-0.25, -0.2) is 0 Å². The number of likely N-dealkylation sites (tertiary alicyclic amines) is 2. The van der Waals surface area contributed by atoms with Crippen LogP contribution in [0.25, 0.3) is 10.9 Å². The molecule has 1 aromatic carbocycles. The van der Waals surface area contributed by atoms with E-state index in [0.29, 0.717) is 12.0 Å². The molecular weight excluding hydrogens is 364 g/mol. The summed E-state index contributed by atoms with van der Waals surface area (Å²) < 4.78 is 0. The molecule has 0 saturated carbocycles. The van der Waals surface area contributed by atoms with E-state index in [1.54, 1.807) is 0 Å². The largest absolute Gasteiger partial charge is 0.396 e. The quantitative estimate of drug-likeness (QED) is 0.813. The Hall–Kier alpha value is -1.89. The minimum absolute atomic E-state index is 0.102. The van der Waals surface area contributed by atoms with Gasteiger partial charge in [0.05, 0.1) is 0 Å². The van der Waals surface area contributed by atoms with Crippen LogP contribution in [0.3, 0.4) is 0 Å². The van der Waals surface area contributed by atoms with Gasteiger partial charge in [-0.1, -0.05) is 6.07 Å². The Labute approximate surface area is 173 Å². The molecule has 158 valence electrons. The van der Waals surface area contributed by atoms with Gasteiger partial charge in [-0.15, -0.1) is 0 Å². The zero-order chi connectivity index (χ0) is 20.4. The molecule has 0 atom stereocenters. The van der Waals surface area contributed by atoms with E-state index in [1.165, 1.54) is 23.8 Å². The summed E-state index contributed by atoms with van der Waals surface area (Å²) in [6, 6.07) is 6.77. The average Bonchev–Trinajstić information content (AvgIpc) is 3.15. The summed E-state index contributed by atoms with van der Waals surface area (Å²) in [7, 11) is 4.35. The van der Waals surface area contributed by atoms with Crippen LogP contribution in [0.15, 0.2) is 24.4 Å². The van der Waals surface area contributed by atoms with E-state index < -0.39 is 0 Å². The average molecular weight is 399 g/mol. The SMILES string of the molecule is CN(C)C1CCN(Cc2c[nH]c3cc(C(=O)N4CCC(CO)CC4)ccc23)CC1. The summed E-state index contributed by atoms with van der Waals surface area (Å²) >= 11 is 0. The molecule has 4 rings (SSSR count). The van der Waals surface area contributed by atoms with Crippen molar-refractivity contribution in [3.8, 4) is 0 Å². The van der Waals surface area contributed by atoms with Crippen molar-refractivity contribution in [1.82, 2.24) is 19.7 Å². The van der Waals surface area contributed by atoms with E-state index >= 15 is 0 Å². The molecule has 3 heterocycles. The summed E-state index contributed by atoms with van der Waals surface area (Å²) in [5.74, 6) is 0.445. The molecule has 0 unspecified atom stereocenters. The van der Waals surface area contributed by atoms with Gasteiger partial charge < -0.3 is 19.9 Å². The molecule has 2 aromatic rings. The zero-order valence-electron chi connectivity index (χ0n) is 17.7. The third-order valence-corrected chi connectivity index (χ3v) is 6.86. The number of aliphatic hydroxyl groups excluding tert-OH is 1. The number of benzene rings is 1. The summed E-state index contributed by atoms with van der Waals surface area (Å²) in [4.78, 5) is 23.1. The molecular formula is C23H34N4O2. The predicted octanol–water partition coefficient (Wildman–Crippen LogP) is 2.54. The van der Waals surface area contributed by atoms with E-state index in [2.05, 4.69) is 41.1 Å². The molecule has 2 aliphatic rings. The lowest BCUT2D eigenvalue weighted by atomic mass is 9.97. The third-order valence-electron chi connectivity index (χ3n) is 6.86. The van der Waals surface area contributed by atoms with E-state index in [-0.39, 0.29) is 12.5 Å². The number of amides is 1. The number of aromatic nitrogens is 1. The smallest absolute Gasteiger partial charge is 0.253 e. The second-order valence-electron chi connectivity index (χ2n) is 8.96. The van der Waals surface area contributed by atoms with Gasteiger partial charge in [0.1, 0.15) is 0 Å². The topological polar surface area (TPSA) is 62.8 Å². The third kappa shape index (κ3) is 4.49. The van der Waals surface area contributed by atoms with Crippen LogP contribution < -0.4 is 0 Å². The van der Waals surface area contributed by atoms with Crippen LogP contribution in [-0.2, 0) is 6.54 Å². The van der Waals surface area contributed by atoms with Crippen LogP contribution in [0.2, 0.25) is 0 Å². The molecule has 1 amide bonds. The van der Waals surface area contributed by atoms with E-state index in [4.69, 9.17) is 0 Å². The van der Waals surface area contributed by atoms with E-state index in [0.717, 1.165) is 56.6 Å². The maximum atomic E-state index is 12.9. The maximum absolute atomic E-state index is 12.9. The van der Waals surface area contributed by atoms with Crippen LogP contribution in [0, 0.1) is 5.92 Å². The highest BCUT2D eigenvalue weighted by Gasteiger charge is 2.24. The van der Waals surface area contributed by atoms with Crippen molar-refractivity contribution in [2.45, 2.75) is 38.3 Å². The number of aromatic amines is 1. The fourth-order valence-electron chi connectivity index (χ4n) is 4.79. The van der Waals surface area contributed by atoms with Gasteiger partial charge in [0.15, 0.2) is 0 Å².